The molecule has 2 atom stereocenters. The molecule has 1 aliphatic carbocycles. The lowest BCUT2D eigenvalue weighted by Crippen LogP contribution is -2.66. The van der Waals surface area contributed by atoms with Crippen LogP contribution in [0.3, 0.4) is 0 Å². The van der Waals surface area contributed by atoms with Gasteiger partial charge in [-0.05, 0) is 44.4 Å². The lowest BCUT2D eigenvalue weighted by Gasteiger charge is -2.43. The first-order valence-electron chi connectivity index (χ1n) is 18.6. The standard InChI is InChI=1S/C47H53NO3Si/c1-7-33-48(35-37(2)3)44(49)46(51-47(38-23-13-8-14-24-38,39-25-15-9-16-26-39)40-27-17-10-18-28-40)34-41(46)36-50-52(45(4,5)6,42-29-19-11-20-30-42)43-31-21-12-22-32-43/h7-32,37,41H,1,33-36H2,2-6H3/t41?,46-/m0/s1. The van der Waals surface area contributed by atoms with Crippen molar-refractivity contribution >= 4 is 24.6 Å². The monoisotopic (exact) mass is 707 g/mol. The van der Waals surface area contributed by atoms with E-state index < -0.39 is 19.5 Å². The summed E-state index contributed by atoms with van der Waals surface area (Å²) in [5.74, 6) is 0.0783. The van der Waals surface area contributed by atoms with Crippen LogP contribution in [0.2, 0.25) is 5.04 Å². The Morgan fingerprint density at radius 3 is 1.52 bits per heavy atom. The van der Waals surface area contributed by atoms with Crippen LogP contribution in [0.1, 0.15) is 57.7 Å². The molecule has 5 heteroatoms. The summed E-state index contributed by atoms with van der Waals surface area (Å²) in [7, 11) is -2.89. The lowest BCUT2D eigenvalue weighted by molar-refractivity contribution is -0.159. The SMILES string of the molecule is C=CCN(CC(C)C)C(=O)[C@]1(OC(c2ccccc2)(c2ccccc2)c2ccccc2)CC1CO[Si](c1ccccc1)(c1ccccc1)C(C)(C)C. The highest BCUT2D eigenvalue weighted by Gasteiger charge is 2.67. The van der Waals surface area contributed by atoms with Gasteiger partial charge in [0.05, 0.1) is 0 Å². The van der Waals surface area contributed by atoms with Crippen LogP contribution in [-0.2, 0) is 19.6 Å². The van der Waals surface area contributed by atoms with Crippen molar-refractivity contribution in [1.82, 2.24) is 4.90 Å². The number of nitrogens with zero attached hydrogens (tertiary/aromatic N) is 1. The molecule has 0 spiro atoms. The van der Waals surface area contributed by atoms with E-state index in [-0.39, 0.29) is 22.8 Å². The summed E-state index contributed by atoms with van der Waals surface area (Å²) in [6.45, 7) is 16.6. The maximum Gasteiger partial charge on any atom is 0.261 e. The molecule has 1 fully saturated rings. The predicted molar refractivity (Wildman–Crippen MR) is 216 cm³/mol. The van der Waals surface area contributed by atoms with Gasteiger partial charge in [-0.15, -0.1) is 6.58 Å². The second kappa shape index (κ2) is 15.6. The molecule has 0 N–H and O–H groups in total. The van der Waals surface area contributed by atoms with E-state index in [1.54, 1.807) is 0 Å². The fourth-order valence-electron chi connectivity index (χ4n) is 7.99. The number of hydrogen-bond acceptors (Lipinski definition) is 3. The van der Waals surface area contributed by atoms with Gasteiger partial charge in [0, 0.05) is 25.6 Å². The molecule has 6 rings (SSSR count). The normalized spacial score (nSPS) is 17.5. The van der Waals surface area contributed by atoms with Crippen LogP contribution in [0.15, 0.2) is 164 Å². The van der Waals surface area contributed by atoms with Crippen LogP contribution in [0.4, 0.5) is 0 Å². The van der Waals surface area contributed by atoms with Crippen LogP contribution < -0.4 is 10.4 Å². The van der Waals surface area contributed by atoms with E-state index in [0.29, 0.717) is 26.1 Å². The molecule has 1 unspecified atom stereocenters. The van der Waals surface area contributed by atoms with Gasteiger partial charge in [0.15, 0.2) is 5.60 Å². The topological polar surface area (TPSA) is 38.8 Å². The largest absolute Gasteiger partial charge is 0.407 e. The minimum atomic E-state index is -2.89. The summed E-state index contributed by atoms with van der Waals surface area (Å²) in [6, 6.07) is 52.5. The van der Waals surface area contributed by atoms with Crippen molar-refractivity contribution in [2.45, 2.75) is 57.3 Å². The minimum Gasteiger partial charge on any atom is -0.407 e. The number of carbonyl (C=O) groups is 1. The van der Waals surface area contributed by atoms with E-state index in [4.69, 9.17) is 9.16 Å². The van der Waals surface area contributed by atoms with Gasteiger partial charge < -0.3 is 14.1 Å². The van der Waals surface area contributed by atoms with Gasteiger partial charge in [-0.3, -0.25) is 4.79 Å². The van der Waals surface area contributed by atoms with E-state index in [1.807, 2.05) is 65.6 Å². The van der Waals surface area contributed by atoms with E-state index in [1.165, 1.54) is 10.4 Å². The summed E-state index contributed by atoms with van der Waals surface area (Å²) < 4.78 is 15.3. The first-order chi connectivity index (χ1) is 25.1. The maximum absolute atomic E-state index is 15.3. The first kappa shape index (κ1) is 37.2. The first-order valence-corrected chi connectivity index (χ1v) is 20.5. The van der Waals surface area contributed by atoms with Crippen molar-refractivity contribution in [3.05, 3.63) is 181 Å². The third-order valence-electron chi connectivity index (χ3n) is 10.4. The number of rotatable bonds is 15. The van der Waals surface area contributed by atoms with E-state index in [9.17, 15) is 0 Å². The van der Waals surface area contributed by atoms with Crippen LogP contribution in [0.5, 0.6) is 0 Å². The number of ether oxygens (including phenoxy) is 1. The van der Waals surface area contributed by atoms with Crippen LogP contribution in [0.25, 0.3) is 0 Å². The van der Waals surface area contributed by atoms with Crippen molar-refractivity contribution in [2.24, 2.45) is 11.8 Å². The highest BCUT2D eigenvalue weighted by Crippen LogP contribution is 2.56. The maximum atomic E-state index is 15.3. The van der Waals surface area contributed by atoms with Gasteiger partial charge in [-0.25, -0.2) is 0 Å². The van der Waals surface area contributed by atoms with E-state index in [0.717, 1.165) is 16.7 Å². The molecule has 0 aromatic heterocycles. The zero-order valence-corrected chi connectivity index (χ0v) is 32.4. The smallest absolute Gasteiger partial charge is 0.261 e. The average molecular weight is 708 g/mol. The highest BCUT2D eigenvalue weighted by atomic mass is 28.4. The van der Waals surface area contributed by atoms with Crippen molar-refractivity contribution < 1.29 is 14.0 Å². The summed E-state index contributed by atoms with van der Waals surface area (Å²) in [5.41, 5.74) is 0.695. The van der Waals surface area contributed by atoms with Gasteiger partial charge in [-0.1, -0.05) is 192 Å². The summed E-state index contributed by atoms with van der Waals surface area (Å²) in [5, 5.41) is 2.23. The molecule has 0 aliphatic heterocycles. The minimum absolute atomic E-state index is 0.00989. The Hall–Kier alpha value is -4.55. The van der Waals surface area contributed by atoms with Gasteiger partial charge in [0.1, 0.15) is 5.60 Å². The van der Waals surface area contributed by atoms with Crippen LogP contribution >= 0.6 is 0 Å². The molecule has 1 amide bonds. The number of hydrogen-bond donors (Lipinski definition) is 0. The highest BCUT2D eigenvalue weighted by molar-refractivity contribution is 6.99. The third-order valence-corrected chi connectivity index (χ3v) is 15.4. The molecule has 52 heavy (non-hydrogen) atoms. The molecular formula is C47H53NO3Si. The Morgan fingerprint density at radius 2 is 1.15 bits per heavy atom. The molecule has 5 aromatic carbocycles. The van der Waals surface area contributed by atoms with Gasteiger partial charge in [0.25, 0.3) is 14.2 Å². The average Bonchev–Trinajstić information content (AvgIpc) is 3.88. The molecule has 4 nitrogen and oxygen atoms in total. The predicted octanol–water partition coefficient (Wildman–Crippen LogP) is 9.00. The molecule has 0 bridgehead atoms. The molecule has 1 saturated carbocycles. The molecule has 5 aromatic rings. The van der Waals surface area contributed by atoms with Crippen LogP contribution in [0, 0.1) is 11.8 Å². The molecular weight excluding hydrogens is 655 g/mol. The summed E-state index contributed by atoms with van der Waals surface area (Å²) >= 11 is 0. The quantitative estimate of drug-likeness (QED) is 0.0620. The molecule has 1 aliphatic rings. The van der Waals surface area contributed by atoms with Gasteiger partial charge in [0.2, 0.25) is 0 Å². The Bertz CT molecular complexity index is 1760. The van der Waals surface area contributed by atoms with Crippen molar-refractivity contribution in [1.29, 1.82) is 0 Å². The number of amides is 1. The zero-order valence-electron chi connectivity index (χ0n) is 31.4. The molecule has 0 radical (unpaired) electrons. The molecule has 0 heterocycles. The lowest BCUT2D eigenvalue weighted by atomic mass is 9.79. The van der Waals surface area contributed by atoms with Gasteiger partial charge in [-0.2, -0.15) is 0 Å². The number of carbonyl (C=O) groups excluding carboxylic acids is 1. The Morgan fingerprint density at radius 1 is 0.750 bits per heavy atom. The van der Waals surface area contributed by atoms with Crippen molar-refractivity contribution in [3.8, 4) is 0 Å². The summed E-state index contributed by atoms with van der Waals surface area (Å²) in [4.78, 5) is 17.2. The van der Waals surface area contributed by atoms with E-state index >= 15 is 4.79 Å². The molecule has 0 saturated heterocycles. The van der Waals surface area contributed by atoms with Gasteiger partial charge >= 0.3 is 0 Å². The summed E-state index contributed by atoms with van der Waals surface area (Å²) in [6.07, 6.45) is 2.37. The Labute approximate surface area is 312 Å². The Kier molecular flexibility index (Phi) is 11.2. The third kappa shape index (κ3) is 7.10. The van der Waals surface area contributed by atoms with Crippen molar-refractivity contribution in [3.63, 3.8) is 0 Å². The Balaban J connectivity index is 1.51. The van der Waals surface area contributed by atoms with Crippen LogP contribution in [-0.4, -0.2) is 44.4 Å². The van der Waals surface area contributed by atoms with E-state index in [2.05, 4.69) is 138 Å². The number of benzene rings is 5. The fraction of sp³-hybridized carbons (Fsp3) is 0.298. The zero-order chi connectivity index (χ0) is 36.8. The fourth-order valence-corrected chi connectivity index (χ4v) is 12.6. The second-order valence-corrected chi connectivity index (χ2v) is 19.8. The van der Waals surface area contributed by atoms with Crippen molar-refractivity contribution in [2.75, 3.05) is 19.7 Å². The molecule has 268 valence electrons. The second-order valence-electron chi connectivity index (χ2n) is 15.5.